The van der Waals surface area contributed by atoms with Gasteiger partial charge in [0, 0.05) is 6.66 Å². The second kappa shape index (κ2) is 4.67. The fourth-order valence-corrected chi connectivity index (χ4v) is 2.88. The SMILES string of the molecule is Cc1ccc(S(=O)(=O)OCP(C)(=O)O)cc1. The lowest BCUT2D eigenvalue weighted by atomic mass is 10.2. The van der Waals surface area contributed by atoms with E-state index in [1.807, 2.05) is 6.92 Å². The zero-order valence-corrected chi connectivity index (χ0v) is 10.7. The lowest BCUT2D eigenvalue weighted by molar-refractivity contribution is 0.348. The molecular formula is C9H13O5PS. The van der Waals surface area contributed by atoms with Gasteiger partial charge in [0.25, 0.3) is 10.1 Å². The number of hydrogen-bond donors (Lipinski definition) is 1. The topological polar surface area (TPSA) is 80.7 Å². The van der Waals surface area contributed by atoms with Crippen molar-refractivity contribution in [2.75, 3.05) is 13.0 Å². The average Bonchev–Trinajstić information content (AvgIpc) is 2.15. The zero-order chi connectivity index (χ0) is 12.4. The lowest BCUT2D eigenvalue weighted by Crippen LogP contribution is -2.07. The van der Waals surface area contributed by atoms with Crippen LogP contribution in [-0.2, 0) is 18.9 Å². The van der Waals surface area contributed by atoms with Crippen molar-refractivity contribution in [1.82, 2.24) is 0 Å². The smallest absolute Gasteiger partial charge is 0.297 e. The Kier molecular flexibility index (Phi) is 3.91. The van der Waals surface area contributed by atoms with Crippen LogP contribution in [0.1, 0.15) is 5.56 Å². The molecule has 0 heterocycles. The van der Waals surface area contributed by atoms with Crippen LogP contribution in [0.2, 0.25) is 0 Å². The molecule has 1 N–H and O–H groups in total. The Bertz CT molecular complexity index is 499. The maximum atomic E-state index is 11.5. The quantitative estimate of drug-likeness (QED) is 0.659. The van der Waals surface area contributed by atoms with Gasteiger partial charge in [-0.3, -0.25) is 8.75 Å². The van der Waals surface area contributed by atoms with Crippen molar-refractivity contribution in [2.45, 2.75) is 11.8 Å². The molecule has 0 aliphatic carbocycles. The molecule has 5 nitrogen and oxygen atoms in total. The second-order valence-electron chi connectivity index (χ2n) is 3.57. The van der Waals surface area contributed by atoms with Crippen LogP contribution < -0.4 is 0 Å². The van der Waals surface area contributed by atoms with E-state index in [1.165, 1.54) is 12.1 Å². The van der Waals surface area contributed by atoms with E-state index in [2.05, 4.69) is 4.18 Å². The number of rotatable bonds is 4. The maximum absolute atomic E-state index is 11.5. The molecule has 1 aromatic rings. The van der Waals surface area contributed by atoms with Gasteiger partial charge in [0.15, 0.2) is 0 Å². The standard InChI is InChI=1S/C9H13O5PS/c1-8-3-5-9(6-4-8)16(12,13)14-7-15(2,10)11/h3-6H,7H2,1-2H3,(H,10,11). The normalized spacial score (nSPS) is 15.7. The van der Waals surface area contributed by atoms with E-state index in [-0.39, 0.29) is 4.90 Å². The molecule has 0 aromatic heterocycles. The summed E-state index contributed by atoms with van der Waals surface area (Å²) >= 11 is 0. The molecule has 0 saturated heterocycles. The highest BCUT2D eigenvalue weighted by Crippen LogP contribution is 2.35. The third-order valence-corrected chi connectivity index (χ3v) is 3.82. The van der Waals surface area contributed by atoms with Crippen molar-refractivity contribution in [3.63, 3.8) is 0 Å². The highest BCUT2D eigenvalue weighted by Gasteiger charge is 2.19. The molecule has 0 amide bonds. The van der Waals surface area contributed by atoms with Gasteiger partial charge in [-0.05, 0) is 19.1 Å². The van der Waals surface area contributed by atoms with E-state index < -0.39 is 23.8 Å². The third kappa shape index (κ3) is 4.06. The van der Waals surface area contributed by atoms with Crippen molar-refractivity contribution in [3.8, 4) is 0 Å². The first-order valence-corrected chi connectivity index (χ1v) is 8.16. The van der Waals surface area contributed by atoms with Crippen LogP contribution in [0, 0.1) is 6.92 Å². The van der Waals surface area contributed by atoms with Gasteiger partial charge in [0.2, 0.25) is 7.37 Å². The summed E-state index contributed by atoms with van der Waals surface area (Å²) in [5.74, 6) is 0. The summed E-state index contributed by atoms with van der Waals surface area (Å²) in [6.45, 7) is 2.86. The molecule has 0 bridgehead atoms. The number of hydrogen-bond acceptors (Lipinski definition) is 4. The largest absolute Gasteiger partial charge is 0.343 e. The van der Waals surface area contributed by atoms with Crippen LogP contribution >= 0.6 is 7.37 Å². The summed E-state index contributed by atoms with van der Waals surface area (Å²) in [6, 6.07) is 6.03. The molecule has 0 aliphatic heterocycles. The van der Waals surface area contributed by atoms with Gasteiger partial charge in [0.05, 0.1) is 4.90 Å². The van der Waals surface area contributed by atoms with Gasteiger partial charge in [0.1, 0.15) is 6.35 Å². The van der Waals surface area contributed by atoms with E-state index in [0.717, 1.165) is 12.2 Å². The predicted molar refractivity (Wildman–Crippen MR) is 60.1 cm³/mol. The highest BCUT2D eigenvalue weighted by atomic mass is 32.2. The first kappa shape index (κ1) is 13.4. The Balaban J connectivity index is 2.87. The van der Waals surface area contributed by atoms with Crippen molar-refractivity contribution < 1.29 is 22.1 Å². The van der Waals surface area contributed by atoms with Crippen LogP contribution in [0.3, 0.4) is 0 Å². The predicted octanol–water partition coefficient (Wildman–Crippen LogP) is 1.56. The van der Waals surface area contributed by atoms with E-state index >= 15 is 0 Å². The Morgan fingerprint density at radius 2 is 1.81 bits per heavy atom. The molecule has 0 saturated carbocycles. The van der Waals surface area contributed by atoms with E-state index in [9.17, 15) is 13.0 Å². The molecular weight excluding hydrogens is 251 g/mol. The van der Waals surface area contributed by atoms with Crippen LogP contribution in [-0.4, -0.2) is 26.3 Å². The second-order valence-corrected chi connectivity index (χ2v) is 7.54. The van der Waals surface area contributed by atoms with Crippen molar-refractivity contribution in [2.24, 2.45) is 0 Å². The molecule has 0 fully saturated rings. The Hall–Kier alpha value is -0.680. The zero-order valence-electron chi connectivity index (χ0n) is 8.95. The molecule has 16 heavy (non-hydrogen) atoms. The van der Waals surface area contributed by atoms with Gasteiger partial charge in [-0.2, -0.15) is 8.42 Å². The number of aryl methyl sites for hydroxylation is 1. The van der Waals surface area contributed by atoms with Crippen molar-refractivity contribution in [1.29, 1.82) is 0 Å². The molecule has 1 atom stereocenters. The minimum Gasteiger partial charge on any atom is -0.343 e. The van der Waals surface area contributed by atoms with Gasteiger partial charge in [-0.1, -0.05) is 17.7 Å². The molecule has 1 rings (SSSR count). The van der Waals surface area contributed by atoms with E-state index in [1.54, 1.807) is 12.1 Å². The van der Waals surface area contributed by atoms with Gasteiger partial charge in [-0.15, -0.1) is 0 Å². The van der Waals surface area contributed by atoms with Crippen LogP contribution in [0.4, 0.5) is 0 Å². The molecule has 90 valence electrons. The Morgan fingerprint density at radius 3 is 2.25 bits per heavy atom. The molecule has 0 aliphatic rings. The summed E-state index contributed by atoms with van der Waals surface area (Å²) in [5.41, 5.74) is 0.919. The van der Waals surface area contributed by atoms with Gasteiger partial charge in [-0.25, -0.2) is 0 Å². The molecule has 0 spiro atoms. The van der Waals surface area contributed by atoms with Gasteiger partial charge < -0.3 is 4.89 Å². The molecule has 7 heteroatoms. The average molecular weight is 264 g/mol. The highest BCUT2D eigenvalue weighted by molar-refractivity contribution is 7.87. The van der Waals surface area contributed by atoms with Crippen LogP contribution in [0.15, 0.2) is 29.2 Å². The minimum atomic E-state index is -3.94. The first-order valence-electron chi connectivity index (χ1n) is 4.46. The monoisotopic (exact) mass is 264 g/mol. The van der Waals surface area contributed by atoms with Crippen LogP contribution in [0.5, 0.6) is 0 Å². The molecule has 0 radical (unpaired) electrons. The summed E-state index contributed by atoms with van der Waals surface area (Å²) < 4.78 is 38.5. The Morgan fingerprint density at radius 1 is 1.31 bits per heavy atom. The molecule has 1 unspecified atom stereocenters. The van der Waals surface area contributed by atoms with Crippen molar-refractivity contribution >= 4 is 17.5 Å². The maximum Gasteiger partial charge on any atom is 0.297 e. The van der Waals surface area contributed by atoms with E-state index in [4.69, 9.17) is 4.89 Å². The third-order valence-electron chi connectivity index (χ3n) is 1.76. The minimum absolute atomic E-state index is 0.0217. The summed E-state index contributed by atoms with van der Waals surface area (Å²) in [4.78, 5) is 8.92. The first-order chi connectivity index (χ1) is 7.21. The Labute approximate surface area is 94.6 Å². The van der Waals surface area contributed by atoms with Gasteiger partial charge >= 0.3 is 0 Å². The summed E-state index contributed by atoms with van der Waals surface area (Å²) in [6.07, 6.45) is -0.705. The fourth-order valence-electron chi connectivity index (χ4n) is 0.940. The van der Waals surface area contributed by atoms with Crippen molar-refractivity contribution in [3.05, 3.63) is 29.8 Å². The summed E-state index contributed by atoms with van der Waals surface area (Å²) in [5, 5.41) is 0. The molecule has 1 aromatic carbocycles. The van der Waals surface area contributed by atoms with Crippen LogP contribution in [0.25, 0.3) is 0 Å². The summed E-state index contributed by atoms with van der Waals surface area (Å²) in [7, 11) is -7.44. The fraction of sp³-hybridized carbons (Fsp3) is 0.333. The lowest BCUT2D eigenvalue weighted by Gasteiger charge is -2.07. The number of benzene rings is 1. The van der Waals surface area contributed by atoms with E-state index in [0.29, 0.717) is 0 Å².